The maximum absolute atomic E-state index is 9.92. The minimum absolute atomic E-state index is 0. The summed E-state index contributed by atoms with van der Waals surface area (Å²) in [5.41, 5.74) is 0. The van der Waals surface area contributed by atoms with E-state index in [0.717, 1.165) is 0 Å². The van der Waals surface area contributed by atoms with Crippen molar-refractivity contribution >= 4 is 8.60 Å². The first-order valence-electron chi connectivity index (χ1n) is 3.01. The van der Waals surface area contributed by atoms with Crippen LogP contribution in [0.2, 0.25) is 0 Å². The summed E-state index contributed by atoms with van der Waals surface area (Å²) < 4.78 is 4.35. The molecule has 4 nitrogen and oxygen atoms in total. The van der Waals surface area contributed by atoms with Crippen LogP contribution in [0.15, 0.2) is 0 Å². The Morgan fingerprint density at radius 3 is 2.00 bits per heavy atom. The van der Waals surface area contributed by atoms with Crippen LogP contribution in [-0.2, 0) is 4.52 Å². The number of rotatable bonds is 4. The summed E-state index contributed by atoms with van der Waals surface area (Å²) in [6, 6.07) is 0. The summed E-state index contributed by atoms with van der Waals surface area (Å²) in [7, 11) is -2.78. The zero-order valence-electron chi connectivity index (χ0n) is 7.98. The average Bonchev–Trinajstić information content (AvgIpc) is 1.58. The van der Waals surface area contributed by atoms with Gasteiger partial charge < -0.3 is 19.4 Å². The van der Waals surface area contributed by atoms with E-state index >= 15 is 0 Å². The second-order valence-corrected chi connectivity index (χ2v) is 2.88. The number of aliphatic hydroxyl groups excluding tert-OH is 1. The van der Waals surface area contributed by atoms with Gasteiger partial charge in [-0.2, -0.15) is 8.60 Å². The summed E-state index contributed by atoms with van der Waals surface area (Å²) in [4.78, 5) is 19.8. The fraction of sp³-hybridized carbons (Fsp3) is 1.00. The second kappa shape index (κ2) is 11.3. The third kappa shape index (κ3) is 14.8. The first-order chi connectivity index (χ1) is 4.52. The van der Waals surface area contributed by atoms with Gasteiger partial charge in [0.25, 0.3) is 0 Å². The fourth-order valence-corrected chi connectivity index (χ4v) is 1.05. The average molecular weight is 212 g/mol. The summed E-state index contributed by atoms with van der Waals surface area (Å²) in [5, 5.41) is 8.76. The van der Waals surface area contributed by atoms with Crippen LogP contribution in [0.5, 0.6) is 0 Å². The molecule has 0 aromatic heterocycles. The van der Waals surface area contributed by atoms with Crippen LogP contribution in [0, 0.1) is 0 Å². The van der Waals surface area contributed by atoms with E-state index in [2.05, 4.69) is 4.52 Å². The Kier molecular flexibility index (Phi) is 18.7. The molecule has 0 aliphatic rings. The van der Waals surface area contributed by atoms with Crippen molar-refractivity contribution in [2.75, 3.05) is 0 Å². The Bertz CT molecular complexity index is 83.5. The smallest absolute Gasteiger partial charge is 0.820 e. The van der Waals surface area contributed by atoms with Gasteiger partial charge in [0.2, 0.25) is 0 Å². The first-order valence-corrected chi connectivity index (χ1v) is 4.11. The van der Waals surface area contributed by atoms with Gasteiger partial charge in [0.05, 0.1) is 12.2 Å². The van der Waals surface area contributed by atoms with Gasteiger partial charge >= 0.3 is 59.1 Å². The molecule has 0 aliphatic carbocycles. The largest absolute Gasteiger partial charge is 1.00 e. The minimum atomic E-state index is -2.78. The van der Waals surface area contributed by atoms with Gasteiger partial charge in [0.15, 0.2) is 0 Å². The zero-order chi connectivity index (χ0) is 8.15. The monoisotopic (exact) mass is 212 g/mol. The van der Waals surface area contributed by atoms with Gasteiger partial charge in [-0.1, -0.05) is 0 Å². The predicted molar refractivity (Wildman–Crippen MR) is 33.8 cm³/mol. The molecular weight excluding hydrogens is 201 g/mol. The first kappa shape index (κ1) is 19.8. The van der Waals surface area contributed by atoms with Crippen LogP contribution < -0.4 is 68.9 Å². The Labute approximate surface area is 118 Å². The summed E-state index contributed by atoms with van der Waals surface area (Å²) >= 11 is 0. The molecule has 0 aromatic carbocycles. The van der Waals surface area contributed by atoms with Gasteiger partial charge in [0.1, 0.15) is 0 Å². The molecule has 2 unspecified atom stereocenters. The van der Waals surface area contributed by atoms with Gasteiger partial charge in [-0.15, -0.1) is 0 Å². The van der Waals surface area contributed by atoms with Gasteiger partial charge in [-0.05, 0) is 20.3 Å². The van der Waals surface area contributed by atoms with Crippen LogP contribution in [0.3, 0.4) is 0 Å². The van der Waals surface area contributed by atoms with E-state index in [1.165, 1.54) is 0 Å². The van der Waals surface area contributed by atoms with Crippen molar-refractivity contribution in [3.8, 4) is 0 Å². The maximum atomic E-state index is 9.92. The topological polar surface area (TPSA) is 75.6 Å². The molecule has 0 radical (unpaired) electrons. The molecule has 0 fully saturated rings. The molecule has 0 amide bonds. The Morgan fingerprint density at radius 1 is 1.33 bits per heavy atom. The standard InChI is InChI=1S/C5H11O4P.2Na/c1-4(6)3-5(2)9-10(7)8;;/h4-6H,3H2,1-2H3;;/q-2;2*+1. The maximum Gasteiger partial charge on any atom is 1.00 e. The summed E-state index contributed by atoms with van der Waals surface area (Å²) in [6.45, 7) is 3.18. The van der Waals surface area contributed by atoms with Crippen molar-refractivity contribution in [1.82, 2.24) is 0 Å². The van der Waals surface area contributed by atoms with Crippen molar-refractivity contribution in [1.29, 1.82) is 0 Å². The molecule has 0 spiro atoms. The zero-order valence-corrected chi connectivity index (χ0v) is 12.9. The van der Waals surface area contributed by atoms with Crippen LogP contribution in [0.1, 0.15) is 20.3 Å². The van der Waals surface area contributed by atoms with Crippen LogP contribution in [0.25, 0.3) is 0 Å². The second-order valence-electron chi connectivity index (χ2n) is 2.22. The fourth-order valence-electron chi connectivity index (χ4n) is 0.670. The van der Waals surface area contributed by atoms with E-state index in [9.17, 15) is 9.79 Å². The Hall–Kier alpha value is 2.27. The van der Waals surface area contributed by atoms with Crippen LogP contribution in [0.4, 0.5) is 0 Å². The van der Waals surface area contributed by atoms with E-state index in [1.54, 1.807) is 13.8 Å². The van der Waals surface area contributed by atoms with Crippen LogP contribution >= 0.6 is 8.60 Å². The van der Waals surface area contributed by atoms with Gasteiger partial charge in [-0.3, -0.25) is 0 Å². The van der Waals surface area contributed by atoms with E-state index < -0.39 is 20.8 Å². The summed E-state index contributed by atoms with van der Waals surface area (Å²) in [6.07, 6.45) is -0.616. The van der Waals surface area contributed by atoms with E-state index in [4.69, 9.17) is 5.11 Å². The number of hydrogen-bond donors (Lipinski definition) is 1. The molecular formula is C5H11Na2O4P. The molecule has 0 rings (SSSR count). The SMILES string of the molecule is CC(O)CC(C)OP([O-])[O-].[Na+].[Na+]. The van der Waals surface area contributed by atoms with E-state index in [0.29, 0.717) is 6.42 Å². The molecule has 12 heavy (non-hydrogen) atoms. The molecule has 0 aliphatic heterocycles. The van der Waals surface area contributed by atoms with Crippen molar-refractivity contribution < 1.29 is 78.5 Å². The van der Waals surface area contributed by atoms with E-state index in [1.807, 2.05) is 0 Å². The minimum Gasteiger partial charge on any atom is -0.820 e. The molecule has 0 aromatic rings. The van der Waals surface area contributed by atoms with Crippen molar-refractivity contribution in [2.24, 2.45) is 0 Å². The summed E-state index contributed by atoms with van der Waals surface area (Å²) in [5.74, 6) is 0. The molecule has 0 heterocycles. The van der Waals surface area contributed by atoms with Gasteiger partial charge in [0, 0.05) is 0 Å². The normalized spacial score (nSPS) is 14.5. The third-order valence-corrected chi connectivity index (χ3v) is 1.47. The third-order valence-electron chi connectivity index (χ3n) is 0.939. The van der Waals surface area contributed by atoms with Crippen molar-refractivity contribution in [3.63, 3.8) is 0 Å². The number of hydrogen-bond acceptors (Lipinski definition) is 4. The molecule has 0 saturated heterocycles. The Morgan fingerprint density at radius 2 is 1.75 bits per heavy atom. The number of aliphatic hydroxyl groups is 1. The molecule has 62 valence electrons. The Balaban J connectivity index is -0.000000405. The van der Waals surface area contributed by atoms with E-state index in [-0.39, 0.29) is 59.1 Å². The predicted octanol–water partition coefficient (Wildman–Crippen LogP) is -6.88. The molecule has 0 saturated carbocycles. The molecule has 7 heteroatoms. The van der Waals surface area contributed by atoms with Crippen LogP contribution in [-0.4, -0.2) is 17.3 Å². The van der Waals surface area contributed by atoms with Crippen molar-refractivity contribution in [2.45, 2.75) is 32.5 Å². The quantitative estimate of drug-likeness (QED) is 0.371. The van der Waals surface area contributed by atoms with Gasteiger partial charge in [-0.25, -0.2) is 0 Å². The molecule has 0 bridgehead atoms. The molecule has 2 atom stereocenters. The molecule has 1 N–H and O–H groups in total. The van der Waals surface area contributed by atoms with Crippen molar-refractivity contribution in [3.05, 3.63) is 0 Å².